The van der Waals surface area contributed by atoms with E-state index in [2.05, 4.69) is 17.2 Å². The molecule has 2 atom stereocenters. The predicted octanol–water partition coefficient (Wildman–Crippen LogP) is 5.03. The third-order valence-corrected chi connectivity index (χ3v) is 5.14. The fourth-order valence-electron chi connectivity index (χ4n) is 3.62. The zero-order valence-electron chi connectivity index (χ0n) is 14.5. The largest absolute Gasteiger partial charge is 0.457 e. The molecule has 2 unspecified atom stereocenters. The molecule has 2 heterocycles. The van der Waals surface area contributed by atoms with Crippen LogP contribution in [-0.2, 0) is 0 Å². The Morgan fingerprint density at radius 2 is 1.77 bits per heavy atom. The summed E-state index contributed by atoms with van der Waals surface area (Å²) >= 11 is 0. The van der Waals surface area contributed by atoms with Gasteiger partial charge in [-0.1, -0.05) is 18.2 Å². The Bertz CT molecular complexity index is 996. The molecule has 1 aliphatic heterocycles. The average Bonchev–Trinajstić information content (AvgIpc) is 3.45. The second-order valence-corrected chi connectivity index (χ2v) is 6.99. The molecule has 1 fully saturated rings. The third-order valence-electron chi connectivity index (χ3n) is 5.14. The lowest BCUT2D eigenvalue weighted by Gasteiger charge is -2.23. The van der Waals surface area contributed by atoms with Crippen LogP contribution in [0.3, 0.4) is 0 Å². The first-order chi connectivity index (χ1) is 12.7. The van der Waals surface area contributed by atoms with Gasteiger partial charge in [0.05, 0.1) is 11.4 Å². The van der Waals surface area contributed by atoms with E-state index in [1.807, 2.05) is 60.8 Å². The summed E-state index contributed by atoms with van der Waals surface area (Å²) in [6, 6.07) is 18.1. The Labute approximate surface area is 152 Å². The highest BCUT2D eigenvalue weighted by atomic mass is 16.5. The fourth-order valence-corrected chi connectivity index (χ4v) is 3.62. The first-order valence-corrected chi connectivity index (χ1v) is 8.89. The Morgan fingerprint density at radius 1 is 1.04 bits per heavy atom. The molecule has 2 aliphatic rings. The van der Waals surface area contributed by atoms with Gasteiger partial charge in [0.15, 0.2) is 0 Å². The van der Waals surface area contributed by atoms with E-state index in [0.717, 1.165) is 51.7 Å². The molecule has 5 rings (SSSR count). The van der Waals surface area contributed by atoms with Crippen LogP contribution < -0.4 is 10.1 Å². The number of rotatable bonds is 3. The third kappa shape index (κ3) is 2.46. The Hall–Kier alpha value is -3.14. The van der Waals surface area contributed by atoms with Crippen molar-refractivity contribution in [1.29, 1.82) is 5.41 Å². The number of para-hydroxylation sites is 1. The van der Waals surface area contributed by atoms with Crippen molar-refractivity contribution in [3.8, 4) is 22.8 Å². The number of hydrogen-bond donors (Lipinski definition) is 2. The highest BCUT2D eigenvalue weighted by molar-refractivity contribution is 6.13. The van der Waals surface area contributed by atoms with Crippen molar-refractivity contribution in [3.63, 3.8) is 0 Å². The van der Waals surface area contributed by atoms with Crippen LogP contribution >= 0.6 is 0 Å². The van der Waals surface area contributed by atoms with Crippen molar-refractivity contribution < 1.29 is 4.74 Å². The normalized spacial score (nSPS) is 20.0. The molecule has 2 N–H and O–H groups in total. The number of ether oxygens (including phenoxy) is 1. The minimum Gasteiger partial charge on any atom is -0.457 e. The van der Waals surface area contributed by atoms with Crippen LogP contribution in [0.2, 0.25) is 0 Å². The van der Waals surface area contributed by atoms with Crippen molar-refractivity contribution in [2.75, 3.05) is 5.32 Å². The maximum absolute atomic E-state index is 8.59. The monoisotopic (exact) mass is 341 g/mol. The van der Waals surface area contributed by atoms with Crippen LogP contribution in [0.1, 0.15) is 17.5 Å². The van der Waals surface area contributed by atoms with Gasteiger partial charge in [0.25, 0.3) is 0 Å². The van der Waals surface area contributed by atoms with Gasteiger partial charge >= 0.3 is 0 Å². The van der Waals surface area contributed by atoms with E-state index >= 15 is 0 Å². The summed E-state index contributed by atoms with van der Waals surface area (Å²) in [6.45, 7) is 2.05. The van der Waals surface area contributed by atoms with E-state index < -0.39 is 0 Å². The lowest BCUT2D eigenvalue weighted by Crippen LogP contribution is -2.22. The standard InChI is InChI=1S/C22H19N3O/c1-13-12-24-22(19-20(23)17-11-18(17)25-21(13)19)14-7-9-16(10-8-14)26-15-5-3-2-4-6-15/h2-10,12,17-18,23,25H,11H2,1H3. The van der Waals surface area contributed by atoms with Crippen LogP contribution in [0, 0.1) is 18.3 Å². The van der Waals surface area contributed by atoms with Gasteiger partial charge in [0.2, 0.25) is 0 Å². The van der Waals surface area contributed by atoms with Gasteiger partial charge in [-0.2, -0.15) is 0 Å². The van der Waals surface area contributed by atoms with E-state index in [1.54, 1.807) is 0 Å². The summed E-state index contributed by atoms with van der Waals surface area (Å²) < 4.78 is 5.87. The van der Waals surface area contributed by atoms with Crippen LogP contribution in [0.4, 0.5) is 5.69 Å². The second kappa shape index (κ2) is 5.70. The minimum atomic E-state index is 0.338. The molecular formula is C22H19N3O. The Balaban J connectivity index is 1.50. The van der Waals surface area contributed by atoms with Crippen LogP contribution in [0.25, 0.3) is 11.3 Å². The lowest BCUT2D eigenvalue weighted by molar-refractivity contribution is 0.483. The van der Waals surface area contributed by atoms with Gasteiger partial charge in [0.1, 0.15) is 11.5 Å². The molecule has 0 spiro atoms. The zero-order chi connectivity index (χ0) is 17.7. The van der Waals surface area contributed by atoms with Gasteiger partial charge in [-0.05, 0) is 55.3 Å². The molecule has 0 bridgehead atoms. The summed E-state index contributed by atoms with van der Waals surface area (Å²) in [5.74, 6) is 1.94. The number of hydrogen-bond acceptors (Lipinski definition) is 4. The van der Waals surface area contributed by atoms with Gasteiger partial charge < -0.3 is 15.5 Å². The SMILES string of the molecule is Cc1cnc(-c2ccc(Oc3ccccc3)cc2)c2c1NC1CC1C2=N. The second-order valence-electron chi connectivity index (χ2n) is 6.99. The summed E-state index contributed by atoms with van der Waals surface area (Å²) in [6.07, 6.45) is 2.95. The van der Waals surface area contributed by atoms with E-state index in [9.17, 15) is 0 Å². The number of aryl methyl sites for hydroxylation is 1. The van der Waals surface area contributed by atoms with Gasteiger partial charge in [-0.3, -0.25) is 4.98 Å². The molecule has 0 saturated heterocycles. The van der Waals surface area contributed by atoms with Crippen molar-refractivity contribution in [1.82, 2.24) is 4.98 Å². The van der Waals surface area contributed by atoms with Crippen LogP contribution in [0.15, 0.2) is 60.8 Å². The van der Waals surface area contributed by atoms with Gasteiger partial charge in [-0.25, -0.2) is 0 Å². The molecule has 128 valence electrons. The molecule has 26 heavy (non-hydrogen) atoms. The summed E-state index contributed by atoms with van der Waals surface area (Å²) in [5.41, 5.74) is 5.73. The molecule has 2 aromatic carbocycles. The number of benzene rings is 2. The van der Waals surface area contributed by atoms with Crippen molar-refractivity contribution in [2.24, 2.45) is 5.92 Å². The number of nitrogens with zero attached hydrogens (tertiary/aromatic N) is 1. The fraction of sp³-hybridized carbons (Fsp3) is 0.182. The molecular weight excluding hydrogens is 322 g/mol. The quantitative estimate of drug-likeness (QED) is 0.702. The van der Waals surface area contributed by atoms with Gasteiger partial charge in [0, 0.05) is 35.0 Å². The van der Waals surface area contributed by atoms with E-state index in [4.69, 9.17) is 10.1 Å². The van der Waals surface area contributed by atoms with E-state index in [1.165, 1.54) is 0 Å². The molecule has 1 aliphatic carbocycles. The number of nitrogens with one attached hydrogen (secondary N) is 2. The highest BCUT2D eigenvalue weighted by Gasteiger charge is 2.46. The maximum atomic E-state index is 8.59. The first-order valence-electron chi connectivity index (χ1n) is 8.89. The van der Waals surface area contributed by atoms with E-state index in [-0.39, 0.29) is 0 Å². The number of fused-ring (bicyclic) bond motifs is 2. The molecule has 3 aromatic rings. The Morgan fingerprint density at radius 3 is 2.54 bits per heavy atom. The smallest absolute Gasteiger partial charge is 0.127 e. The molecule has 0 radical (unpaired) electrons. The summed E-state index contributed by atoms with van der Waals surface area (Å²) in [4.78, 5) is 4.66. The minimum absolute atomic E-state index is 0.338. The Kier molecular flexibility index (Phi) is 3.32. The molecule has 1 aromatic heterocycles. The zero-order valence-corrected chi connectivity index (χ0v) is 14.5. The van der Waals surface area contributed by atoms with Crippen molar-refractivity contribution >= 4 is 11.4 Å². The first kappa shape index (κ1) is 15.1. The molecule has 0 amide bonds. The number of aromatic nitrogens is 1. The van der Waals surface area contributed by atoms with Crippen molar-refractivity contribution in [2.45, 2.75) is 19.4 Å². The topological polar surface area (TPSA) is 58.0 Å². The molecule has 4 heteroatoms. The van der Waals surface area contributed by atoms with Crippen LogP contribution in [0.5, 0.6) is 11.5 Å². The maximum Gasteiger partial charge on any atom is 0.127 e. The van der Waals surface area contributed by atoms with Crippen LogP contribution in [-0.4, -0.2) is 16.7 Å². The highest BCUT2D eigenvalue weighted by Crippen LogP contribution is 2.46. The van der Waals surface area contributed by atoms with E-state index in [0.29, 0.717) is 12.0 Å². The summed E-state index contributed by atoms with van der Waals surface area (Å²) in [5, 5.41) is 12.2. The lowest BCUT2D eigenvalue weighted by atomic mass is 9.93. The number of pyridine rings is 1. The summed E-state index contributed by atoms with van der Waals surface area (Å²) in [7, 11) is 0. The van der Waals surface area contributed by atoms with Gasteiger partial charge in [-0.15, -0.1) is 0 Å². The average molecular weight is 341 g/mol. The van der Waals surface area contributed by atoms with Crippen molar-refractivity contribution in [3.05, 3.63) is 71.9 Å². The predicted molar refractivity (Wildman–Crippen MR) is 103 cm³/mol. The number of anilines is 1. The molecule has 1 saturated carbocycles. The molecule has 4 nitrogen and oxygen atoms in total.